The van der Waals surface area contributed by atoms with E-state index in [2.05, 4.69) is 0 Å². The molecular weight excluding hydrogens is 256 g/mol. The van der Waals surface area contributed by atoms with E-state index in [4.69, 9.17) is 9.52 Å². The minimum atomic E-state index is -1.25. The third-order valence-electron chi connectivity index (χ3n) is 2.81. The maximum absolute atomic E-state index is 11.6. The van der Waals surface area contributed by atoms with Crippen molar-refractivity contribution in [2.45, 2.75) is 12.8 Å². The Kier molecular flexibility index (Phi) is 4.50. The number of rotatable bonds is 5. The van der Waals surface area contributed by atoms with Gasteiger partial charge in [0.05, 0.1) is 5.56 Å². The van der Waals surface area contributed by atoms with Gasteiger partial charge >= 0.3 is 5.97 Å². The third kappa shape index (κ3) is 3.68. The van der Waals surface area contributed by atoms with Crippen LogP contribution in [0.2, 0.25) is 0 Å². The summed E-state index contributed by atoms with van der Waals surface area (Å²) in [6, 6.07) is 11.0. The maximum atomic E-state index is 11.6. The number of carbonyl (C=O) groups is 1. The summed E-state index contributed by atoms with van der Waals surface area (Å²) in [5, 5.41) is 8.69. The van der Waals surface area contributed by atoms with Crippen molar-refractivity contribution in [3.8, 4) is 0 Å². The van der Waals surface area contributed by atoms with Crippen LogP contribution >= 0.6 is 0 Å². The molecule has 0 aliphatic carbocycles. The van der Waals surface area contributed by atoms with E-state index in [1.165, 1.54) is 11.8 Å². The van der Waals surface area contributed by atoms with Gasteiger partial charge in [0.1, 0.15) is 6.26 Å². The summed E-state index contributed by atoms with van der Waals surface area (Å²) in [5.41, 5.74) is 1.22. The molecular formula is C16H14O4. The first-order valence-corrected chi connectivity index (χ1v) is 6.23. The van der Waals surface area contributed by atoms with E-state index >= 15 is 0 Å². The van der Waals surface area contributed by atoms with Crippen molar-refractivity contribution in [2.75, 3.05) is 0 Å². The Morgan fingerprint density at radius 3 is 2.65 bits per heavy atom. The van der Waals surface area contributed by atoms with Gasteiger partial charge in [-0.2, -0.15) is 0 Å². The number of allylic oxidation sites excluding steroid dienone is 1. The fourth-order valence-electron chi connectivity index (χ4n) is 1.76. The van der Waals surface area contributed by atoms with E-state index in [-0.39, 0.29) is 11.2 Å². The van der Waals surface area contributed by atoms with Crippen LogP contribution < -0.4 is 5.43 Å². The molecule has 0 fully saturated rings. The molecule has 0 aliphatic rings. The number of carboxylic acids is 1. The van der Waals surface area contributed by atoms with Crippen molar-refractivity contribution >= 4 is 12.0 Å². The molecule has 0 amide bonds. The van der Waals surface area contributed by atoms with Crippen LogP contribution in [0.1, 0.15) is 28.1 Å². The molecule has 4 nitrogen and oxygen atoms in total. The van der Waals surface area contributed by atoms with Crippen molar-refractivity contribution in [3.63, 3.8) is 0 Å². The Bertz CT molecular complexity index is 668. The highest BCUT2D eigenvalue weighted by molar-refractivity contribution is 5.84. The first-order valence-electron chi connectivity index (χ1n) is 6.23. The Hall–Kier alpha value is -2.62. The average molecular weight is 270 g/mol. The zero-order chi connectivity index (χ0) is 14.4. The van der Waals surface area contributed by atoms with Gasteiger partial charge in [0, 0.05) is 6.07 Å². The van der Waals surface area contributed by atoms with Gasteiger partial charge < -0.3 is 9.52 Å². The quantitative estimate of drug-likeness (QED) is 0.906. The lowest BCUT2D eigenvalue weighted by molar-refractivity contribution is 0.0659. The normalized spacial score (nSPS) is 10.8. The summed E-state index contributed by atoms with van der Waals surface area (Å²) < 4.78 is 4.87. The Morgan fingerprint density at radius 1 is 1.25 bits per heavy atom. The van der Waals surface area contributed by atoms with E-state index < -0.39 is 5.97 Å². The highest BCUT2D eigenvalue weighted by Crippen LogP contribution is 2.05. The molecule has 1 heterocycles. The largest absolute Gasteiger partial charge is 0.475 e. The molecule has 0 unspecified atom stereocenters. The lowest BCUT2D eigenvalue weighted by Gasteiger charge is -1.97. The summed E-state index contributed by atoms with van der Waals surface area (Å²) in [4.78, 5) is 22.3. The zero-order valence-corrected chi connectivity index (χ0v) is 10.8. The van der Waals surface area contributed by atoms with Gasteiger partial charge in [-0.05, 0) is 18.4 Å². The van der Waals surface area contributed by atoms with Crippen molar-refractivity contribution in [2.24, 2.45) is 0 Å². The van der Waals surface area contributed by atoms with Gasteiger partial charge in [0.15, 0.2) is 5.43 Å². The number of aromatic carboxylic acids is 1. The summed E-state index contributed by atoms with van der Waals surface area (Å²) in [6.45, 7) is 0. The lowest BCUT2D eigenvalue weighted by atomic mass is 10.1. The molecule has 2 aromatic rings. The van der Waals surface area contributed by atoms with E-state index in [9.17, 15) is 9.59 Å². The van der Waals surface area contributed by atoms with Crippen LogP contribution in [-0.4, -0.2) is 11.1 Å². The highest BCUT2D eigenvalue weighted by Gasteiger charge is 2.07. The minimum Gasteiger partial charge on any atom is -0.475 e. The van der Waals surface area contributed by atoms with Crippen LogP contribution in [0.5, 0.6) is 0 Å². The molecule has 0 spiro atoms. The smallest absolute Gasteiger partial charge is 0.371 e. The van der Waals surface area contributed by atoms with Gasteiger partial charge in [0.2, 0.25) is 5.76 Å². The van der Waals surface area contributed by atoms with E-state index in [0.717, 1.165) is 18.9 Å². The van der Waals surface area contributed by atoms with Crippen LogP contribution in [-0.2, 0) is 6.42 Å². The Morgan fingerprint density at radius 2 is 2.00 bits per heavy atom. The second-order valence-corrected chi connectivity index (χ2v) is 4.30. The van der Waals surface area contributed by atoms with Crippen molar-refractivity contribution < 1.29 is 14.3 Å². The topological polar surface area (TPSA) is 67.5 Å². The summed E-state index contributed by atoms with van der Waals surface area (Å²) >= 11 is 0. The monoisotopic (exact) mass is 270 g/mol. The van der Waals surface area contributed by atoms with Gasteiger partial charge in [-0.15, -0.1) is 0 Å². The van der Waals surface area contributed by atoms with Gasteiger partial charge in [-0.25, -0.2) is 4.79 Å². The number of benzene rings is 1. The van der Waals surface area contributed by atoms with Crippen LogP contribution in [0.3, 0.4) is 0 Å². The third-order valence-corrected chi connectivity index (χ3v) is 2.81. The second kappa shape index (κ2) is 6.52. The molecule has 2 rings (SSSR count). The standard InChI is InChI=1S/C16H14O4/c17-14-10-15(16(18)19)20-11-13(14)9-5-4-8-12-6-2-1-3-7-12/h1-3,5-7,9-11H,4,8H2,(H,18,19)/b9-5+. The molecule has 4 heteroatoms. The number of aryl methyl sites for hydroxylation is 1. The van der Waals surface area contributed by atoms with E-state index in [1.807, 2.05) is 36.4 Å². The van der Waals surface area contributed by atoms with Crippen molar-refractivity contribution in [3.05, 3.63) is 75.8 Å². The van der Waals surface area contributed by atoms with Crippen molar-refractivity contribution in [1.82, 2.24) is 0 Å². The predicted molar refractivity (Wildman–Crippen MR) is 75.7 cm³/mol. The Balaban J connectivity index is 1.98. The fraction of sp³-hybridized carbons (Fsp3) is 0.125. The van der Waals surface area contributed by atoms with E-state index in [0.29, 0.717) is 5.56 Å². The average Bonchev–Trinajstić information content (AvgIpc) is 2.46. The van der Waals surface area contributed by atoms with Crippen LogP contribution in [0, 0.1) is 0 Å². The predicted octanol–water partition coefficient (Wildman–Crippen LogP) is 2.98. The van der Waals surface area contributed by atoms with Crippen LogP contribution in [0.25, 0.3) is 6.08 Å². The Labute approximate surface area is 116 Å². The summed E-state index contributed by atoms with van der Waals surface area (Å²) in [7, 11) is 0. The zero-order valence-electron chi connectivity index (χ0n) is 10.8. The van der Waals surface area contributed by atoms with Crippen LogP contribution in [0.15, 0.2) is 57.9 Å². The molecule has 1 N–H and O–H groups in total. The fourth-order valence-corrected chi connectivity index (χ4v) is 1.76. The molecule has 1 aromatic heterocycles. The molecule has 0 bridgehead atoms. The first-order chi connectivity index (χ1) is 9.66. The molecule has 0 saturated carbocycles. The second-order valence-electron chi connectivity index (χ2n) is 4.30. The minimum absolute atomic E-state index is 0.350. The van der Waals surface area contributed by atoms with Crippen molar-refractivity contribution in [1.29, 1.82) is 0 Å². The molecule has 20 heavy (non-hydrogen) atoms. The summed E-state index contributed by atoms with van der Waals surface area (Å²) in [5.74, 6) is -1.60. The molecule has 0 saturated heterocycles. The lowest BCUT2D eigenvalue weighted by Crippen LogP contribution is -2.07. The number of hydrogen-bond donors (Lipinski definition) is 1. The molecule has 1 aromatic carbocycles. The van der Waals surface area contributed by atoms with Gasteiger partial charge in [-0.1, -0.05) is 42.5 Å². The molecule has 0 radical (unpaired) electrons. The maximum Gasteiger partial charge on any atom is 0.371 e. The molecule has 0 aliphatic heterocycles. The van der Waals surface area contributed by atoms with Gasteiger partial charge in [0.25, 0.3) is 0 Å². The number of carboxylic acid groups (broad SMARTS) is 1. The van der Waals surface area contributed by atoms with Gasteiger partial charge in [-0.3, -0.25) is 4.79 Å². The first kappa shape index (κ1) is 13.8. The number of hydrogen-bond acceptors (Lipinski definition) is 3. The summed E-state index contributed by atoms with van der Waals surface area (Å²) in [6.07, 6.45) is 6.38. The molecule has 0 atom stereocenters. The SMILES string of the molecule is O=C(O)c1cc(=O)c(/C=C/CCc2ccccc2)co1. The van der Waals surface area contributed by atoms with E-state index in [1.54, 1.807) is 6.08 Å². The molecule has 102 valence electrons. The highest BCUT2D eigenvalue weighted by atomic mass is 16.4. The van der Waals surface area contributed by atoms with Crippen LogP contribution in [0.4, 0.5) is 0 Å².